The van der Waals surface area contributed by atoms with Crippen molar-refractivity contribution in [2.75, 3.05) is 0 Å². The summed E-state index contributed by atoms with van der Waals surface area (Å²) in [7, 11) is 0. The van der Waals surface area contributed by atoms with Crippen LogP contribution < -0.4 is 0 Å². The van der Waals surface area contributed by atoms with Gasteiger partial charge in [0.05, 0.1) is 0 Å². The Balaban J connectivity index is 2.99. The molecule has 0 heterocycles. The first-order valence-electron chi connectivity index (χ1n) is 7.10. The number of hydrogen-bond donors (Lipinski definition) is 0. The number of halogens is 5. The van der Waals surface area contributed by atoms with Gasteiger partial charge in [-0.05, 0) is 32.8 Å². The van der Waals surface area contributed by atoms with Crippen LogP contribution in [0.2, 0.25) is 0 Å². The zero-order valence-corrected chi connectivity index (χ0v) is 13.0. The fraction of sp³-hybridized carbons (Fsp3) is 0.438. The Kier molecular flexibility index (Phi) is 6.72. The number of benzene rings is 1. The highest BCUT2D eigenvalue weighted by Crippen LogP contribution is 2.24. The molecule has 128 valence electrons. The fourth-order valence-corrected chi connectivity index (χ4v) is 1.99. The minimum absolute atomic E-state index is 0.751. The second-order valence-electron chi connectivity index (χ2n) is 5.17. The number of hydrogen-bond acceptors (Lipinski definition) is 2. The number of carbonyl (C=O) groups is 1. The van der Waals surface area contributed by atoms with Crippen LogP contribution in [0.3, 0.4) is 0 Å². The first-order chi connectivity index (χ1) is 10.7. The van der Waals surface area contributed by atoms with E-state index in [1.165, 1.54) is 6.92 Å². The number of carbonyl (C=O) groups excluding carboxylic acids is 1. The molecule has 0 saturated heterocycles. The first kappa shape index (κ1) is 19.1. The summed E-state index contributed by atoms with van der Waals surface area (Å²) in [5.74, 6) is -12.7. The van der Waals surface area contributed by atoms with E-state index < -0.39 is 46.7 Å². The summed E-state index contributed by atoms with van der Waals surface area (Å²) in [6, 6.07) is 0. The molecule has 0 amide bonds. The van der Waals surface area contributed by atoms with Crippen molar-refractivity contribution in [2.24, 2.45) is 0 Å². The second-order valence-corrected chi connectivity index (χ2v) is 5.17. The Morgan fingerprint density at radius 1 is 1.04 bits per heavy atom. The van der Waals surface area contributed by atoms with Gasteiger partial charge in [0.25, 0.3) is 0 Å². The van der Waals surface area contributed by atoms with Crippen LogP contribution in [-0.4, -0.2) is 12.1 Å². The highest BCUT2D eigenvalue weighted by atomic mass is 19.2. The van der Waals surface area contributed by atoms with Gasteiger partial charge in [-0.25, -0.2) is 26.7 Å². The molecule has 0 spiro atoms. The molecule has 0 saturated carbocycles. The standard InChI is InChI=1S/C16H17F5O2/c1-4-5-6-8(2)7-9(3)23-16(22)10-11(17)13(19)15(21)14(20)12(10)18/h7,9H,4-6H2,1-3H3/b8-7+. The highest BCUT2D eigenvalue weighted by molar-refractivity contribution is 5.90. The van der Waals surface area contributed by atoms with Crippen molar-refractivity contribution in [3.8, 4) is 0 Å². The molecule has 0 radical (unpaired) electrons. The van der Waals surface area contributed by atoms with Crippen LogP contribution in [0.25, 0.3) is 0 Å². The number of esters is 1. The monoisotopic (exact) mass is 336 g/mol. The zero-order chi connectivity index (χ0) is 17.7. The quantitative estimate of drug-likeness (QED) is 0.238. The summed E-state index contributed by atoms with van der Waals surface area (Å²) in [5, 5.41) is 0. The third-order valence-electron chi connectivity index (χ3n) is 3.15. The molecule has 1 unspecified atom stereocenters. The third-order valence-corrected chi connectivity index (χ3v) is 3.15. The highest BCUT2D eigenvalue weighted by Gasteiger charge is 2.31. The maximum Gasteiger partial charge on any atom is 0.344 e. The van der Waals surface area contributed by atoms with Crippen LogP contribution in [0.1, 0.15) is 50.4 Å². The third kappa shape index (κ3) is 4.53. The molecular formula is C16H17F5O2. The number of unbranched alkanes of at least 4 members (excludes halogenated alkanes) is 1. The van der Waals surface area contributed by atoms with Crippen molar-refractivity contribution in [1.29, 1.82) is 0 Å². The molecule has 1 atom stereocenters. The molecule has 23 heavy (non-hydrogen) atoms. The fourth-order valence-electron chi connectivity index (χ4n) is 1.99. The number of allylic oxidation sites excluding steroid dienone is 1. The van der Waals surface area contributed by atoms with Crippen molar-refractivity contribution in [3.05, 3.63) is 46.3 Å². The SMILES string of the molecule is CCCC/C(C)=C/C(C)OC(=O)c1c(F)c(F)c(F)c(F)c1F. The van der Waals surface area contributed by atoms with Gasteiger partial charge in [0, 0.05) is 0 Å². The second kappa shape index (κ2) is 8.08. The Hall–Kier alpha value is -1.92. The van der Waals surface area contributed by atoms with Crippen molar-refractivity contribution in [3.63, 3.8) is 0 Å². The molecule has 0 aliphatic heterocycles. The van der Waals surface area contributed by atoms with E-state index in [9.17, 15) is 26.7 Å². The van der Waals surface area contributed by atoms with Gasteiger partial charge in [0.1, 0.15) is 11.7 Å². The summed E-state index contributed by atoms with van der Waals surface area (Å²) >= 11 is 0. The summed E-state index contributed by atoms with van der Waals surface area (Å²) in [5.41, 5.74) is -0.697. The molecule has 0 aliphatic rings. The zero-order valence-electron chi connectivity index (χ0n) is 13.0. The maximum atomic E-state index is 13.5. The molecule has 1 rings (SSSR count). The van der Waals surface area contributed by atoms with Gasteiger partial charge in [-0.2, -0.15) is 0 Å². The molecule has 0 aliphatic carbocycles. The average Bonchev–Trinajstić information content (AvgIpc) is 2.48. The largest absolute Gasteiger partial charge is 0.455 e. The molecule has 0 aromatic heterocycles. The van der Waals surface area contributed by atoms with Gasteiger partial charge in [-0.1, -0.05) is 18.9 Å². The maximum absolute atomic E-state index is 13.5. The van der Waals surface area contributed by atoms with E-state index in [1.807, 2.05) is 6.92 Å². The average molecular weight is 336 g/mol. The summed E-state index contributed by atoms with van der Waals surface area (Å²) in [4.78, 5) is 11.7. The van der Waals surface area contributed by atoms with Crippen molar-refractivity contribution in [2.45, 2.75) is 46.1 Å². The predicted octanol–water partition coefficient (Wildman–Crippen LogP) is 5.06. The Bertz CT molecular complexity index is 596. The molecular weight excluding hydrogens is 319 g/mol. The van der Waals surface area contributed by atoms with Crippen molar-refractivity contribution < 1.29 is 31.5 Å². The minimum atomic E-state index is -2.32. The lowest BCUT2D eigenvalue weighted by atomic mass is 10.1. The van der Waals surface area contributed by atoms with E-state index in [0.717, 1.165) is 24.8 Å². The van der Waals surface area contributed by atoms with Gasteiger partial charge in [-0.3, -0.25) is 0 Å². The van der Waals surface area contributed by atoms with Crippen LogP contribution in [0, 0.1) is 29.1 Å². The minimum Gasteiger partial charge on any atom is -0.455 e. The van der Waals surface area contributed by atoms with E-state index >= 15 is 0 Å². The summed E-state index contributed by atoms with van der Waals surface area (Å²) in [6.07, 6.45) is 3.32. The van der Waals surface area contributed by atoms with Crippen LogP contribution >= 0.6 is 0 Å². The van der Waals surface area contributed by atoms with Crippen LogP contribution in [0.15, 0.2) is 11.6 Å². The first-order valence-corrected chi connectivity index (χ1v) is 7.10. The molecule has 1 aromatic rings. The molecule has 1 aromatic carbocycles. The van der Waals surface area contributed by atoms with E-state index in [-0.39, 0.29) is 0 Å². The van der Waals surface area contributed by atoms with Gasteiger partial charge >= 0.3 is 5.97 Å². The lowest BCUT2D eigenvalue weighted by molar-refractivity contribution is 0.0408. The van der Waals surface area contributed by atoms with Gasteiger partial charge in [0.15, 0.2) is 23.3 Å². The van der Waals surface area contributed by atoms with E-state index in [1.54, 1.807) is 13.0 Å². The van der Waals surface area contributed by atoms with E-state index in [2.05, 4.69) is 0 Å². The van der Waals surface area contributed by atoms with Crippen LogP contribution in [0.4, 0.5) is 22.0 Å². The van der Waals surface area contributed by atoms with Crippen LogP contribution in [-0.2, 0) is 4.74 Å². The number of rotatable bonds is 6. The molecule has 0 bridgehead atoms. The van der Waals surface area contributed by atoms with Gasteiger partial charge in [0.2, 0.25) is 5.82 Å². The molecule has 7 heteroatoms. The van der Waals surface area contributed by atoms with E-state index in [4.69, 9.17) is 4.74 Å². The lowest BCUT2D eigenvalue weighted by Crippen LogP contribution is -2.19. The molecule has 2 nitrogen and oxygen atoms in total. The van der Waals surface area contributed by atoms with E-state index in [0.29, 0.717) is 0 Å². The Morgan fingerprint density at radius 2 is 1.52 bits per heavy atom. The van der Waals surface area contributed by atoms with Gasteiger partial charge in [-0.15, -0.1) is 0 Å². The lowest BCUT2D eigenvalue weighted by Gasteiger charge is -2.13. The van der Waals surface area contributed by atoms with Crippen LogP contribution in [0.5, 0.6) is 0 Å². The smallest absolute Gasteiger partial charge is 0.344 e. The summed E-state index contributed by atoms with van der Waals surface area (Å²) < 4.78 is 70.8. The predicted molar refractivity (Wildman–Crippen MR) is 74.4 cm³/mol. The van der Waals surface area contributed by atoms with Crippen molar-refractivity contribution >= 4 is 5.97 Å². The number of ether oxygens (including phenoxy) is 1. The Morgan fingerprint density at radius 3 is 2.00 bits per heavy atom. The van der Waals surface area contributed by atoms with Gasteiger partial charge < -0.3 is 4.74 Å². The molecule has 0 N–H and O–H groups in total. The topological polar surface area (TPSA) is 26.3 Å². The summed E-state index contributed by atoms with van der Waals surface area (Å²) in [6.45, 7) is 5.22. The Labute approximate surface area is 130 Å². The van der Waals surface area contributed by atoms with Crippen molar-refractivity contribution in [1.82, 2.24) is 0 Å². The normalized spacial score (nSPS) is 13.1. The molecule has 0 fully saturated rings.